The second-order valence-corrected chi connectivity index (χ2v) is 5.37. The van der Waals surface area contributed by atoms with Gasteiger partial charge in [0, 0.05) is 11.3 Å². The van der Waals surface area contributed by atoms with Crippen molar-refractivity contribution >= 4 is 17.6 Å². The Morgan fingerprint density at radius 1 is 1.08 bits per heavy atom. The number of carbonyl (C=O) groups is 2. The number of benzene rings is 2. The molecule has 132 valence electrons. The topological polar surface area (TPSA) is 64.6 Å². The first kappa shape index (κ1) is 18.4. The van der Waals surface area contributed by atoms with Gasteiger partial charge in [-0.1, -0.05) is 13.3 Å². The molecule has 1 N–H and O–H groups in total. The van der Waals surface area contributed by atoms with Gasteiger partial charge in [-0.05, 0) is 48.9 Å². The number of nitrogens with one attached hydrogen (secondary N) is 1. The number of hydrogen-bond acceptors (Lipinski definition) is 4. The Hall–Kier alpha value is -2.89. The highest BCUT2D eigenvalue weighted by Crippen LogP contribution is 2.19. The van der Waals surface area contributed by atoms with E-state index in [1.807, 2.05) is 6.92 Å². The zero-order valence-corrected chi connectivity index (χ0v) is 14.2. The van der Waals surface area contributed by atoms with Crippen molar-refractivity contribution in [1.82, 2.24) is 0 Å². The van der Waals surface area contributed by atoms with Crippen molar-refractivity contribution in [2.45, 2.75) is 19.8 Å². The van der Waals surface area contributed by atoms with E-state index in [2.05, 4.69) is 5.32 Å². The summed E-state index contributed by atoms with van der Waals surface area (Å²) in [5.74, 6) is -1.40. The highest BCUT2D eigenvalue weighted by atomic mass is 19.1. The van der Waals surface area contributed by atoms with Crippen molar-refractivity contribution in [3.05, 3.63) is 59.4 Å². The Labute approximate surface area is 145 Å². The van der Waals surface area contributed by atoms with Crippen LogP contribution in [0.4, 0.5) is 10.1 Å². The van der Waals surface area contributed by atoms with Gasteiger partial charge in [0.25, 0.3) is 5.91 Å². The predicted octanol–water partition coefficient (Wildman–Crippen LogP) is 4.04. The highest BCUT2D eigenvalue weighted by Gasteiger charge is 2.11. The lowest BCUT2D eigenvalue weighted by Crippen LogP contribution is -2.12. The van der Waals surface area contributed by atoms with Crippen LogP contribution >= 0.6 is 0 Å². The third-order valence-electron chi connectivity index (χ3n) is 3.52. The van der Waals surface area contributed by atoms with Crippen molar-refractivity contribution in [2.75, 3.05) is 19.0 Å². The Morgan fingerprint density at radius 3 is 2.36 bits per heavy atom. The first-order valence-corrected chi connectivity index (χ1v) is 7.97. The maximum Gasteiger partial charge on any atom is 0.338 e. The third-order valence-corrected chi connectivity index (χ3v) is 3.52. The van der Waals surface area contributed by atoms with Crippen LogP contribution in [0.3, 0.4) is 0 Å². The molecule has 6 heteroatoms. The Kier molecular flexibility index (Phi) is 6.51. The average Bonchev–Trinajstić information content (AvgIpc) is 2.62. The molecule has 0 atom stereocenters. The number of esters is 1. The molecule has 2 aromatic carbocycles. The maximum atomic E-state index is 13.7. The van der Waals surface area contributed by atoms with Crippen LogP contribution in [0.5, 0.6) is 5.75 Å². The van der Waals surface area contributed by atoms with E-state index in [0.29, 0.717) is 17.9 Å². The molecule has 0 heterocycles. The second kappa shape index (κ2) is 8.82. The van der Waals surface area contributed by atoms with Gasteiger partial charge in [0.05, 0.1) is 19.3 Å². The molecular weight excluding hydrogens is 325 g/mol. The van der Waals surface area contributed by atoms with Gasteiger partial charge in [-0.15, -0.1) is 0 Å². The molecule has 0 aliphatic rings. The number of amides is 1. The quantitative estimate of drug-likeness (QED) is 0.607. The van der Waals surface area contributed by atoms with Crippen LogP contribution in [0, 0.1) is 5.82 Å². The molecule has 0 aromatic heterocycles. The van der Waals surface area contributed by atoms with Crippen LogP contribution in [0.1, 0.15) is 40.5 Å². The molecule has 5 nitrogen and oxygen atoms in total. The number of unbranched alkanes of at least 4 members (excludes halogenated alkanes) is 1. The van der Waals surface area contributed by atoms with E-state index in [-0.39, 0.29) is 11.3 Å². The minimum atomic E-state index is -0.611. The van der Waals surface area contributed by atoms with Crippen molar-refractivity contribution in [2.24, 2.45) is 0 Å². The van der Waals surface area contributed by atoms with Gasteiger partial charge >= 0.3 is 5.97 Å². The summed E-state index contributed by atoms with van der Waals surface area (Å²) in [6, 6.07) is 10.3. The fraction of sp³-hybridized carbons (Fsp3) is 0.263. The summed E-state index contributed by atoms with van der Waals surface area (Å²) in [5, 5.41) is 2.64. The fourth-order valence-corrected chi connectivity index (χ4v) is 2.09. The highest BCUT2D eigenvalue weighted by molar-refractivity contribution is 6.04. The molecule has 0 unspecified atom stereocenters. The largest absolute Gasteiger partial charge is 0.494 e. The normalized spacial score (nSPS) is 10.2. The lowest BCUT2D eigenvalue weighted by Gasteiger charge is -2.08. The van der Waals surface area contributed by atoms with Crippen molar-refractivity contribution < 1.29 is 23.5 Å². The molecule has 0 saturated carbocycles. The molecule has 0 bridgehead atoms. The van der Waals surface area contributed by atoms with E-state index >= 15 is 0 Å². The number of anilines is 1. The summed E-state index contributed by atoms with van der Waals surface area (Å²) < 4.78 is 23.6. The Morgan fingerprint density at radius 2 is 1.76 bits per heavy atom. The number of ether oxygens (including phenoxy) is 2. The van der Waals surface area contributed by atoms with Crippen LogP contribution in [-0.4, -0.2) is 25.6 Å². The summed E-state index contributed by atoms with van der Waals surface area (Å²) in [7, 11) is 1.35. The molecular formula is C19H20FNO4. The van der Waals surface area contributed by atoms with E-state index in [1.54, 1.807) is 24.3 Å². The lowest BCUT2D eigenvalue weighted by molar-refractivity contribution is 0.0499. The molecule has 0 fully saturated rings. The molecule has 0 spiro atoms. The standard InChI is InChI=1S/C19H20FNO4/c1-3-4-11-25-19(23)13-5-8-15(9-6-13)21-18(22)14-7-10-17(24-2)16(20)12-14/h5-10,12H,3-4,11H2,1-2H3,(H,21,22). The minimum Gasteiger partial charge on any atom is -0.494 e. The van der Waals surface area contributed by atoms with Crippen LogP contribution < -0.4 is 10.1 Å². The first-order chi connectivity index (χ1) is 12.0. The number of hydrogen-bond donors (Lipinski definition) is 1. The van der Waals surface area contributed by atoms with Gasteiger partial charge in [0.1, 0.15) is 0 Å². The number of methoxy groups -OCH3 is 1. The van der Waals surface area contributed by atoms with Gasteiger partial charge < -0.3 is 14.8 Å². The van der Waals surface area contributed by atoms with Crippen LogP contribution in [0.2, 0.25) is 0 Å². The molecule has 0 aliphatic carbocycles. The van der Waals surface area contributed by atoms with Crippen LogP contribution in [0.15, 0.2) is 42.5 Å². The summed E-state index contributed by atoms with van der Waals surface area (Å²) in [5.41, 5.74) is 1.07. The van der Waals surface area contributed by atoms with Gasteiger partial charge in [0.2, 0.25) is 0 Å². The van der Waals surface area contributed by atoms with Crippen molar-refractivity contribution in [3.63, 3.8) is 0 Å². The maximum absolute atomic E-state index is 13.7. The summed E-state index contributed by atoms with van der Waals surface area (Å²) in [6.07, 6.45) is 1.77. The molecule has 1 amide bonds. The Balaban J connectivity index is 1.99. The number of rotatable bonds is 7. The van der Waals surface area contributed by atoms with Gasteiger partial charge in [-0.3, -0.25) is 4.79 Å². The Bertz CT molecular complexity index is 744. The van der Waals surface area contributed by atoms with Crippen molar-refractivity contribution in [1.29, 1.82) is 0 Å². The van der Waals surface area contributed by atoms with E-state index in [0.717, 1.165) is 18.9 Å². The van der Waals surface area contributed by atoms with E-state index in [9.17, 15) is 14.0 Å². The average molecular weight is 345 g/mol. The fourth-order valence-electron chi connectivity index (χ4n) is 2.09. The molecule has 2 rings (SSSR count). The monoisotopic (exact) mass is 345 g/mol. The van der Waals surface area contributed by atoms with E-state index < -0.39 is 17.7 Å². The molecule has 2 aromatic rings. The summed E-state index contributed by atoms with van der Waals surface area (Å²) >= 11 is 0. The van der Waals surface area contributed by atoms with Crippen molar-refractivity contribution in [3.8, 4) is 5.75 Å². The molecule has 25 heavy (non-hydrogen) atoms. The van der Waals surface area contributed by atoms with Crippen LogP contribution in [0.25, 0.3) is 0 Å². The number of halogens is 1. The van der Waals surface area contributed by atoms with Gasteiger partial charge in [0.15, 0.2) is 11.6 Å². The minimum absolute atomic E-state index is 0.0717. The SMILES string of the molecule is CCCCOC(=O)c1ccc(NC(=O)c2ccc(OC)c(F)c2)cc1. The zero-order valence-electron chi connectivity index (χ0n) is 14.2. The third kappa shape index (κ3) is 5.04. The molecule has 0 radical (unpaired) electrons. The lowest BCUT2D eigenvalue weighted by atomic mass is 10.1. The predicted molar refractivity (Wildman–Crippen MR) is 92.5 cm³/mol. The zero-order chi connectivity index (χ0) is 18.2. The van der Waals surface area contributed by atoms with E-state index in [4.69, 9.17) is 9.47 Å². The molecule has 0 saturated heterocycles. The first-order valence-electron chi connectivity index (χ1n) is 7.97. The number of carbonyl (C=O) groups excluding carboxylic acids is 2. The van der Waals surface area contributed by atoms with Crippen LogP contribution in [-0.2, 0) is 4.74 Å². The summed E-state index contributed by atoms with van der Waals surface area (Å²) in [4.78, 5) is 24.0. The van der Waals surface area contributed by atoms with Gasteiger partial charge in [-0.2, -0.15) is 0 Å². The smallest absolute Gasteiger partial charge is 0.338 e. The second-order valence-electron chi connectivity index (χ2n) is 5.37. The van der Waals surface area contributed by atoms with Gasteiger partial charge in [-0.25, -0.2) is 9.18 Å². The summed E-state index contributed by atoms with van der Waals surface area (Å²) in [6.45, 7) is 2.40. The molecule has 0 aliphatic heterocycles. The van der Waals surface area contributed by atoms with E-state index in [1.165, 1.54) is 19.2 Å².